The number of amides is 2. The number of piperazine rings is 1. The van der Waals surface area contributed by atoms with E-state index in [0.29, 0.717) is 26.2 Å². The van der Waals surface area contributed by atoms with Gasteiger partial charge in [0, 0.05) is 39.5 Å². The molecule has 6 heteroatoms. The van der Waals surface area contributed by atoms with Gasteiger partial charge in [0.15, 0.2) is 0 Å². The second-order valence-electron chi connectivity index (χ2n) is 2.89. The van der Waals surface area contributed by atoms with Crippen LogP contribution in [0, 0.1) is 0 Å². The van der Waals surface area contributed by atoms with Gasteiger partial charge in [-0.3, -0.25) is 0 Å². The Balaban J connectivity index is 2.39. The molecule has 0 radical (unpaired) electrons. The Labute approximate surface area is 80.7 Å². The fourth-order valence-corrected chi connectivity index (χ4v) is 1.98. The van der Waals surface area contributed by atoms with Crippen molar-refractivity contribution in [3.8, 4) is 0 Å². The van der Waals surface area contributed by atoms with Gasteiger partial charge in [-0.2, -0.15) is 0 Å². The van der Waals surface area contributed by atoms with Crippen molar-refractivity contribution in [2.45, 2.75) is 0 Å². The lowest BCUT2D eigenvalue weighted by atomic mass is 10.4. The minimum absolute atomic E-state index is 0.0541. The molecular weight excluding hydrogens is 190 g/mol. The summed E-state index contributed by atoms with van der Waals surface area (Å²) in [4.78, 5) is 12.9. The maximum atomic E-state index is 11.2. The third-order valence-corrected chi connectivity index (χ3v) is 3.20. The van der Waals surface area contributed by atoms with Gasteiger partial charge >= 0.3 is 6.03 Å². The highest BCUT2D eigenvalue weighted by Crippen LogP contribution is 2.02. The Bertz CT molecular complexity index is 214. The van der Waals surface area contributed by atoms with Crippen molar-refractivity contribution >= 4 is 17.0 Å². The molecule has 0 spiro atoms. The maximum absolute atomic E-state index is 11.2. The van der Waals surface area contributed by atoms with Crippen molar-refractivity contribution in [3.05, 3.63) is 0 Å². The first kappa shape index (κ1) is 10.5. The van der Waals surface area contributed by atoms with Crippen LogP contribution in [0.3, 0.4) is 0 Å². The van der Waals surface area contributed by atoms with Crippen LogP contribution >= 0.6 is 0 Å². The molecule has 0 saturated carbocycles. The number of carbonyl (C=O) groups excluding carboxylic acids is 1. The number of nitrogens with zero attached hydrogens (tertiary/aromatic N) is 2. The highest BCUT2D eigenvalue weighted by atomic mass is 32.2. The zero-order chi connectivity index (χ0) is 9.84. The first-order chi connectivity index (χ1) is 6.15. The normalized spacial score (nSPS) is 21.2. The van der Waals surface area contributed by atoms with Crippen LogP contribution in [-0.4, -0.2) is 58.9 Å². The van der Waals surface area contributed by atoms with Gasteiger partial charge < -0.3 is 10.2 Å². The number of rotatable bonds is 1. The lowest BCUT2D eigenvalue weighted by Gasteiger charge is -2.32. The molecule has 1 aliphatic rings. The summed E-state index contributed by atoms with van der Waals surface area (Å²) in [6.07, 6.45) is 1.66. The van der Waals surface area contributed by atoms with Crippen LogP contribution < -0.4 is 5.32 Å². The third kappa shape index (κ3) is 2.67. The molecule has 1 saturated heterocycles. The Morgan fingerprint density at radius 3 is 2.23 bits per heavy atom. The fourth-order valence-electron chi connectivity index (χ4n) is 1.31. The van der Waals surface area contributed by atoms with Crippen molar-refractivity contribution < 1.29 is 9.00 Å². The van der Waals surface area contributed by atoms with E-state index >= 15 is 0 Å². The molecule has 1 rings (SSSR count). The summed E-state index contributed by atoms with van der Waals surface area (Å²) >= 11 is 0. The fraction of sp³-hybridized carbons (Fsp3) is 0.857. The molecule has 76 valence electrons. The van der Waals surface area contributed by atoms with Gasteiger partial charge in [-0.15, -0.1) is 0 Å². The summed E-state index contributed by atoms with van der Waals surface area (Å²) in [5.41, 5.74) is 0. The van der Waals surface area contributed by atoms with Crippen molar-refractivity contribution in [2.24, 2.45) is 0 Å². The number of nitrogens with one attached hydrogen (secondary N) is 1. The van der Waals surface area contributed by atoms with Gasteiger partial charge in [-0.25, -0.2) is 13.3 Å². The molecule has 0 aromatic carbocycles. The van der Waals surface area contributed by atoms with Crippen molar-refractivity contribution in [1.82, 2.24) is 14.5 Å². The number of hydrogen-bond donors (Lipinski definition) is 1. The zero-order valence-corrected chi connectivity index (χ0v) is 8.76. The molecule has 1 N–H and O–H groups in total. The van der Waals surface area contributed by atoms with Crippen LogP contribution in [0.15, 0.2) is 0 Å². The van der Waals surface area contributed by atoms with E-state index < -0.39 is 11.0 Å². The van der Waals surface area contributed by atoms with E-state index in [1.807, 2.05) is 4.31 Å². The van der Waals surface area contributed by atoms with E-state index in [-0.39, 0.29) is 6.03 Å². The van der Waals surface area contributed by atoms with Crippen molar-refractivity contribution in [2.75, 3.05) is 39.5 Å². The largest absolute Gasteiger partial charge is 0.341 e. The summed E-state index contributed by atoms with van der Waals surface area (Å²) in [6, 6.07) is -0.0541. The SMILES string of the molecule is CNC(=O)N1CCN(S(C)=O)CC1. The molecule has 1 unspecified atom stereocenters. The Kier molecular flexibility index (Phi) is 3.68. The van der Waals surface area contributed by atoms with E-state index in [4.69, 9.17) is 0 Å². The van der Waals surface area contributed by atoms with Gasteiger partial charge in [0.1, 0.15) is 0 Å². The predicted molar refractivity (Wildman–Crippen MR) is 51.7 cm³/mol. The molecule has 0 aromatic rings. The lowest BCUT2D eigenvalue weighted by molar-refractivity contribution is 0.176. The number of carbonyl (C=O) groups is 1. The Hall–Kier alpha value is -0.620. The van der Waals surface area contributed by atoms with Gasteiger partial charge in [0.25, 0.3) is 0 Å². The van der Waals surface area contributed by atoms with Crippen molar-refractivity contribution in [1.29, 1.82) is 0 Å². The summed E-state index contributed by atoms with van der Waals surface area (Å²) < 4.78 is 12.9. The van der Waals surface area contributed by atoms with Gasteiger partial charge in [0.2, 0.25) is 0 Å². The number of urea groups is 1. The van der Waals surface area contributed by atoms with Crippen molar-refractivity contribution in [3.63, 3.8) is 0 Å². The van der Waals surface area contributed by atoms with E-state index in [9.17, 15) is 9.00 Å². The smallest absolute Gasteiger partial charge is 0.317 e. The molecule has 1 fully saturated rings. The van der Waals surface area contributed by atoms with Gasteiger partial charge in [0.05, 0.1) is 11.0 Å². The molecule has 2 amide bonds. The highest BCUT2D eigenvalue weighted by molar-refractivity contribution is 7.81. The first-order valence-corrected chi connectivity index (χ1v) is 5.72. The standard InChI is InChI=1S/C7H15N3O2S/c1-8-7(11)9-3-5-10(6-4-9)13(2)12/h3-6H2,1-2H3,(H,8,11). The number of hydrogen-bond acceptors (Lipinski definition) is 2. The van der Waals surface area contributed by atoms with Gasteiger partial charge in [-0.1, -0.05) is 0 Å². The summed E-state index contributed by atoms with van der Waals surface area (Å²) in [5, 5.41) is 2.57. The minimum atomic E-state index is -0.907. The lowest BCUT2D eigenvalue weighted by Crippen LogP contribution is -2.51. The van der Waals surface area contributed by atoms with E-state index in [0.717, 1.165) is 0 Å². The zero-order valence-electron chi connectivity index (χ0n) is 7.95. The molecular formula is C7H15N3O2S. The van der Waals surface area contributed by atoms with E-state index in [2.05, 4.69) is 5.32 Å². The summed E-state index contributed by atoms with van der Waals surface area (Å²) in [5.74, 6) is 0. The molecule has 1 atom stereocenters. The maximum Gasteiger partial charge on any atom is 0.317 e. The molecule has 1 heterocycles. The molecule has 0 aromatic heterocycles. The second-order valence-corrected chi connectivity index (χ2v) is 4.26. The molecule has 13 heavy (non-hydrogen) atoms. The van der Waals surface area contributed by atoms with Crippen LogP contribution in [-0.2, 0) is 11.0 Å². The van der Waals surface area contributed by atoms with Crippen LogP contribution in [0.25, 0.3) is 0 Å². The van der Waals surface area contributed by atoms with Crippen LogP contribution in [0.5, 0.6) is 0 Å². The van der Waals surface area contributed by atoms with E-state index in [1.54, 1.807) is 18.2 Å². The first-order valence-electron chi connectivity index (χ1n) is 4.20. The molecule has 0 aliphatic carbocycles. The monoisotopic (exact) mass is 205 g/mol. The average Bonchev–Trinajstić information content (AvgIpc) is 2.17. The topological polar surface area (TPSA) is 52.7 Å². The summed E-state index contributed by atoms with van der Waals surface area (Å²) in [7, 11) is 0.711. The van der Waals surface area contributed by atoms with E-state index in [1.165, 1.54) is 0 Å². The minimum Gasteiger partial charge on any atom is -0.341 e. The Morgan fingerprint density at radius 1 is 1.31 bits per heavy atom. The van der Waals surface area contributed by atoms with Gasteiger partial charge in [-0.05, 0) is 0 Å². The second kappa shape index (κ2) is 4.57. The molecule has 1 aliphatic heterocycles. The summed E-state index contributed by atoms with van der Waals surface area (Å²) in [6.45, 7) is 2.69. The highest BCUT2D eigenvalue weighted by Gasteiger charge is 2.21. The average molecular weight is 205 g/mol. The third-order valence-electron chi connectivity index (χ3n) is 2.10. The van der Waals surface area contributed by atoms with Crippen LogP contribution in [0.1, 0.15) is 0 Å². The molecule has 5 nitrogen and oxygen atoms in total. The molecule has 0 bridgehead atoms. The van der Waals surface area contributed by atoms with Crippen LogP contribution in [0.2, 0.25) is 0 Å². The Morgan fingerprint density at radius 2 is 1.85 bits per heavy atom. The predicted octanol–water partition coefficient (Wildman–Crippen LogP) is -0.763. The quantitative estimate of drug-likeness (QED) is 0.611. The van der Waals surface area contributed by atoms with Crippen LogP contribution in [0.4, 0.5) is 4.79 Å².